The molecule has 2 aliphatic rings. The Morgan fingerprint density at radius 1 is 1.37 bits per heavy atom. The maximum Gasteiger partial charge on any atom is 0.191 e. The molecule has 8 heteroatoms. The lowest BCUT2D eigenvalue weighted by Crippen LogP contribution is -2.47. The van der Waals surface area contributed by atoms with Crippen molar-refractivity contribution in [3.8, 4) is 0 Å². The fourth-order valence-corrected chi connectivity index (χ4v) is 4.41. The van der Waals surface area contributed by atoms with E-state index < -0.39 is 0 Å². The molecular weight excluding hydrogens is 473 g/mol. The van der Waals surface area contributed by atoms with Crippen molar-refractivity contribution in [2.24, 2.45) is 4.99 Å². The van der Waals surface area contributed by atoms with E-state index in [1.165, 1.54) is 17.7 Å². The maximum absolute atomic E-state index is 5.53. The Labute approximate surface area is 184 Å². The van der Waals surface area contributed by atoms with Crippen molar-refractivity contribution in [3.63, 3.8) is 0 Å². The van der Waals surface area contributed by atoms with Crippen molar-refractivity contribution in [1.82, 2.24) is 20.4 Å². The lowest BCUT2D eigenvalue weighted by molar-refractivity contribution is 0.0177. The van der Waals surface area contributed by atoms with E-state index in [0.717, 1.165) is 64.5 Å². The highest BCUT2D eigenvalue weighted by molar-refractivity contribution is 14.0. The number of aliphatic imine (C=N–C) groups is 1. The van der Waals surface area contributed by atoms with E-state index in [2.05, 4.69) is 49.9 Å². The van der Waals surface area contributed by atoms with E-state index in [1.54, 1.807) is 0 Å². The van der Waals surface area contributed by atoms with E-state index >= 15 is 0 Å². The summed E-state index contributed by atoms with van der Waals surface area (Å²) in [7, 11) is 1.85. The smallest absolute Gasteiger partial charge is 0.191 e. The van der Waals surface area contributed by atoms with Gasteiger partial charge in [0.15, 0.2) is 5.96 Å². The number of likely N-dealkylation sites (N-methyl/N-ethyl adjacent to an activating group) is 1. The van der Waals surface area contributed by atoms with Crippen LogP contribution >= 0.6 is 35.3 Å². The van der Waals surface area contributed by atoms with Crippen LogP contribution in [-0.4, -0.2) is 81.3 Å². The summed E-state index contributed by atoms with van der Waals surface area (Å²) < 4.78 is 5.53. The van der Waals surface area contributed by atoms with Crippen molar-refractivity contribution in [1.29, 1.82) is 0 Å². The molecule has 6 nitrogen and oxygen atoms in total. The normalized spacial score (nSPS) is 19.6. The summed E-state index contributed by atoms with van der Waals surface area (Å²) in [6.45, 7) is 9.89. The minimum absolute atomic E-state index is 0. The van der Waals surface area contributed by atoms with Gasteiger partial charge in [0.25, 0.3) is 0 Å². The van der Waals surface area contributed by atoms with Gasteiger partial charge < -0.3 is 15.4 Å². The van der Waals surface area contributed by atoms with Crippen LogP contribution in [0.2, 0.25) is 0 Å². The van der Waals surface area contributed by atoms with Crippen LogP contribution in [0.1, 0.15) is 30.7 Å². The summed E-state index contributed by atoms with van der Waals surface area (Å²) in [4.78, 5) is 10.9. The Kier molecular flexibility index (Phi) is 10.3. The minimum atomic E-state index is 0. The van der Waals surface area contributed by atoms with Gasteiger partial charge >= 0.3 is 0 Å². The second-order valence-corrected chi connectivity index (χ2v) is 7.90. The fourth-order valence-electron chi connectivity index (χ4n) is 3.55. The molecule has 0 aromatic carbocycles. The SMILES string of the molecule is CCN(CCNC(=NC)NCC(c1cccs1)N1CCOCC1)C1CC1.I. The zero-order chi connectivity index (χ0) is 18.2. The van der Waals surface area contributed by atoms with E-state index in [0.29, 0.717) is 6.04 Å². The number of ether oxygens (including phenoxy) is 1. The Bertz CT molecular complexity index is 546. The summed E-state index contributed by atoms with van der Waals surface area (Å²) in [5.41, 5.74) is 0. The predicted molar refractivity (Wildman–Crippen MR) is 125 cm³/mol. The first kappa shape index (κ1) is 22.9. The molecule has 0 spiro atoms. The van der Waals surface area contributed by atoms with Gasteiger partial charge in [-0.25, -0.2) is 0 Å². The molecule has 2 heterocycles. The van der Waals surface area contributed by atoms with Gasteiger partial charge in [0.1, 0.15) is 0 Å². The Morgan fingerprint density at radius 2 is 2.15 bits per heavy atom. The van der Waals surface area contributed by atoms with E-state index in [1.807, 2.05) is 18.4 Å². The summed E-state index contributed by atoms with van der Waals surface area (Å²) in [6, 6.07) is 5.56. The predicted octanol–water partition coefficient (Wildman–Crippen LogP) is 2.39. The van der Waals surface area contributed by atoms with Crippen molar-refractivity contribution >= 4 is 41.3 Å². The van der Waals surface area contributed by atoms with Gasteiger partial charge in [0, 0.05) is 50.7 Å². The molecular formula is C19H34IN5OS. The van der Waals surface area contributed by atoms with E-state index in [-0.39, 0.29) is 24.0 Å². The van der Waals surface area contributed by atoms with Crippen molar-refractivity contribution in [2.45, 2.75) is 31.8 Å². The van der Waals surface area contributed by atoms with Crippen molar-refractivity contribution in [2.75, 3.05) is 59.5 Å². The number of hydrogen-bond acceptors (Lipinski definition) is 5. The molecule has 1 aromatic rings. The Balaban J connectivity index is 0.00000261. The summed E-state index contributed by atoms with van der Waals surface area (Å²) in [5, 5.41) is 9.17. The molecule has 2 fully saturated rings. The monoisotopic (exact) mass is 507 g/mol. The molecule has 1 aliphatic heterocycles. The van der Waals surface area contributed by atoms with Crippen LogP contribution in [-0.2, 0) is 4.74 Å². The molecule has 2 N–H and O–H groups in total. The number of hydrogen-bond donors (Lipinski definition) is 2. The Hall–Kier alpha value is -0.420. The first-order chi connectivity index (χ1) is 12.8. The highest BCUT2D eigenvalue weighted by atomic mass is 127. The fraction of sp³-hybridized carbons (Fsp3) is 0.737. The third-order valence-electron chi connectivity index (χ3n) is 5.21. The molecule has 0 radical (unpaired) electrons. The van der Waals surface area contributed by atoms with Gasteiger partial charge in [-0.2, -0.15) is 0 Å². The molecule has 154 valence electrons. The second-order valence-electron chi connectivity index (χ2n) is 6.92. The van der Waals surface area contributed by atoms with Gasteiger partial charge in [-0.15, -0.1) is 35.3 Å². The largest absolute Gasteiger partial charge is 0.379 e. The average Bonchev–Trinajstić information content (AvgIpc) is 3.39. The van der Waals surface area contributed by atoms with E-state index in [4.69, 9.17) is 4.74 Å². The number of nitrogens with zero attached hydrogens (tertiary/aromatic N) is 3. The molecule has 27 heavy (non-hydrogen) atoms. The number of nitrogens with one attached hydrogen (secondary N) is 2. The average molecular weight is 507 g/mol. The number of guanidine groups is 1. The summed E-state index contributed by atoms with van der Waals surface area (Å²) in [6.07, 6.45) is 2.73. The lowest BCUT2D eigenvalue weighted by Gasteiger charge is -2.34. The third-order valence-corrected chi connectivity index (χ3v) is 6.18. The van der Waals surface area contributed by atoms with E-state index in [9.17, 15) is 0 Å². The van der Waals surface area contributed by atoms with Crippen LogP contribution in [0.4, 0.5) is 0 Å². The molecule has 1 atom stereocenters. The molecule has 1 saturated heterocycles. The molecule has 1 unspecified atom stereocenters. The number of rotatable bonds is 9. The van der Waals surface area contributed by atoms with Crippen molar-refractivity contribution < 1.29 is 4.74 Å². The summed E-state index contributed by atoms with van der Waals surface area (Å²) >= 11 is 1.83. The van der Waals surface area contributed by atoms with Crippen LogP contribution < -0.4 is 10.6 Å². The molecule has 1 saturated carbocycles. The van der Waals surface area contributed by atoms with Crippen LogP contribution in [0, 0.1) is 0 Å². The van der Waals surface area contributed by atoms with Crippen molar-refractivity contribution in [3.05, 3.63) is 22.4 Å². The second kappa shape index (κ2) is 12.2. The number of halogens is 1. The molecule has 1 aliphatic carbocycles. The van der Waals surface area contributed by atoms with Gasteiger partial charge in [0.05, 0.1) is 19.3 Å². The zero-order valence-corrected chi connectivity index (χ0v) is 19.7. The van der Waals surface area contributed by atoms with Gasteiger partial charge in [-0.05, 0) is 30.8 Å². The first-order valence-electron chi connectivity index (χ1n) is 9.85. The van der Waals surface area contributed by atoms with Crippen LogP contribution in [0.25, 0.3) is 0 Å². The molecule has 3 rings (SSSR count). The van der Waals surface area contributed by atoms with Gasteiger partial charge in [-0.1, -0.05) is 13.0 Å². The maximum atomic E-state index is 5.53. The molecule has 0 bridgehead atoms. The molecule has 0 amide bonds. The highest BCUT2D eigenvalue weighted by Gasteiger charge is 2.27. The highest BCUT2D eigenvalue weighted by Crippen LogP contribution is 2.26. The molecule has 1 aromatic heterocycles. The number of thiophene rings is 1. The standard InChI is InChI=1S/C19H33N5OS.HI/c1-3-23(16-6-7-16)9-8-21-19(20-2)22-15-17(18-5-4-14-26-18)24-10-12-25-13-11-24;/h4-5,14,16-17H,3,6-13,15H2,1-2H3,(H2,20,21,22);1H. The van der Waals surface area contributed by atoms with Gasteiger partial charge in [0.2, 0.25) is 0 Å². The topological polar surface area (TPSA) is 52.1 Å². The summed E-state index contributed by atoms with van der Waals surface area (Å²) in [5.74, 6) is 0.895. The first-order valence-corrected chi connectivity index (χ1v) is 10.7. The van der Waals surface area contributed by atoms with Crippen LogP contribution in [0.15, 0.2) is 22.5 Å². The van der Waals surface area contributed by atoms with Gasteiger partial charge in [-0.3, -0.25) is 14.8 Å². The third kappa shape index (κ3) is 7.16. The quantitative estimate of drug-likeness (QED) is 0.306. The Morgan fingerprint density at radius 3 is 2.74 bits per heavy atom. The zero-order valence-electron chi connectivity index (χ0n) is 16.5. The van der Waals surface area contributed by atoms with Crippen LogP contribution in [0.3, 0.4) is 0 Å². The lowest BCUT2D eigenvalue weighted by atomic mass is 10.2. The number of morpholine rings is 1. The minimum Gasteiger partial charge on any atom is -0.379 e. The van der Waals surface area contributed by atoms with Crippen LogP contribution in [0.5, 0.6) is 0 Å².